The monoisotopic (exact) mass is 514 g/mol. The van der Waals surface area contributed by atoms with Crippen molar-refractivity contribution < 1.29 is 18.8 Å². The van der Waals surface area contributed by atoms with E-state index in [1.165, 1.54) is 6.07 Å². The first kappa shape index (κ1) is 24.3. The van der Waals surface area contributed by atoms with Crippen molar-refractivity contribution in [1.29, 1.82) is 5.26 Å². The summed E-state index contributed by atoms with van der Waals surface area (Å²) in [6.07, 6.45) is 4.08. The number of halogens is 3. The Kier molecular flexibility index (Phi) is 6.87. The summed E-state index contributed by atoms with van der Waals surface area (Å²) >= 11 is 12.9. The highest BCUT2D eigenvalue weighted by Gasteiger charge is 2.38. The van der Waals surface area contributed by atoms with Gasteiger partial charge >= 0.3 is 0 Å². The van der Waals surface area contributed by atoms with Crippen LogP contribution in [-0.4, -0.2) is 16.4 Å². The van der Waals surface area contributed by atoms with Gasteiger partial charge in [0.2, 0.25) is 0 Å². The Morgan fingerprint density at radius 2 is 1.86 bits per heavy atom. The molecular weight excluding hydrogens is 490 g/mol. The molecule has 2 aliphatic carbocycles. The molecule has 0 spiro atoms. The van der Waals surface area contributed by atoms with Crippen LogP contribution < -0.4 is 0 Å². The largest absolute Gasteiger partial charge is 0.385 e. The van der Waals surface area contributed by atoms with Gasteiger partial charge in [-0.05, 0) is 62.3 Å². The first-order valence-electron chi connectivity index (χ1n) is 11.8. The highest BCUT2D eigenvalue weighted by atomic mass is 35.5. The van der Waals surface area contributed by atoms with Gasteiger partial charge in [-0.2, -0.15) is 5.26 Å². The van der Waals surface area contributed by atoms with Crippen LogP contribution in [0.4, 0.5) is 4.39 Å². The van der Waals surface area contributed by atoms with Crippen molar-refractivity contribution in [3.63, 3.8) is 0 Å². The molecular formula is C27H25Cl2FN2O3. The maximum atomic E-state index is 14.7. The average Bonchev–Trinajstić information content (AvgIpc) is 3.59. The molecule has 0 bridgehead atoms. The second-order valence-corrected chi connectivity index (χ2v) is 10.3. The number of rotatable bonds is 7. The standard InChI is InChI=1S/C27H25Cl2FN2O3/c28-21-2-1-3-22(29)24(21)25-19(26(35-32-25)17-5-6-17)15-34-18-8-11-27(33,12-9-18)20-7-4-16(10-13-31)14-23(20)30/h1-4,7,14,17-18,33H,5-6,8-12,15H2/t18-,27+. The summed E-state index contributed by atoms with van der Waals surface area (Å²) in [5, 5.41) is 25.3. The summed E-state index contributed by atoms with van der Waals surface area (Å²) in [6.45, 7) is 0.298. The van der Waals surface area contributed by atoms with Gasteiger partial charge in [-0.15, -0.1) is 0 Å². The van der Waals surface area contributed by atoms with Gasteiger partial charge in [0.15, 0.2) is 0 Å². The van der Waals surface area contributed by atoms with E-state index in [1.54, 1.807) is 30.3 Å². The third-order valence-corrected chi connectivity index (χ3v) is 7.64. The van der Waals surface area contributed by atoms with E-state index in [1.807, 2.05) is 6.07 Å². The van der Waals surface area contributed by atoms with Crippen molar-refractivity contribution >= 4 is 23.2 Å². The molecule has 182 valence electrons. The highest BCUT2D eigenvalue weighted by molar-refractivity contribution is 6.39. The summed E-state index contributed by atoms with van der Waals surface area (Å²) in [4.78, 5) is 0. The molecule has 0 radical (unpaired) electrons. The average molecular weight is 515 g/mol. The molecule has 0 unspecified atom stereocenters. The number of aromatic nitrogens is 1. The maximum absolute atomic E-state index is 14.7. The van der Waals surface area contributed by atoms with Gasteiger partial charge in [0, 0.05) is 22.6 Å². The van der Waals surface area contributed by atoms with Crippen LogP contribution in [-0.2, 0) is 23.4 Å². The van der Waals surface area contributed by atoms with Gasteiger partial charge in [-0.1, -0.05) is 46.6 Å². The molecule has 35 heavy (non-hydrogen) atoms. The molecule has 1 N–H and O–H groups in total. The fraction of sp³-hybridized carbons (Fsp3) is 0.407. The number of hydrogen-bond donors (Lipinski definition) is 1. The molecule has 0 atom stereocenters. The first-order valence-corrected chi connectivity index (χ1v) is 12.6. The third kappa shape index (κ3) is 4.96. The lowest BCUT2D eigenvalue weighted by atomic mass is 9.78. The lowest BCUT2D eigenvalue weighted by molar-refractivity contribution is -0.0656. The quantitative estimate of drug-likeness (QED) is 0.364. The molecule has 2 fully saturated rings. The molecule has 5 nitrogen and oxygen atoms in total. The van der Waals surface area contributed by atoms with Gasteiger partial charge in [0.25, 0.3) is 0 Å². The molecule has 0 aliphatic heterocycles. The summed E-state index contributed by atoms with van der Waals surface area (Å²) < 4.78 is 26.7. The second kappa shape index (κ2) is 9.91. The summed E-state index contributed by atoms with van der Waals surface area (Å²) in [5.74, 6) is 0.682. The molecule has 1 heterocycles. The molecule has 1 aromatic heterocycles. The third-order valence-electron chi connectivity index (χ3n) is 7.01. The Labute approximate surface area is 213 Å². The smallest absolute Gasteiger partial charge is 0.145 e. The number of benzene rings is 2. The van der Waals surface area contributed by atoms with E-state index in [4.69, 9.17) is 37.7 Å². The molecule has 2 aromatic carbocycles. The second-order valence-electron chi connectivity index (χ2n) is 9.44. The molecule has 3 aromatic rings. The number of nitrogens with zero attached hydrogens (tertiary/aromatic N) is 2. The molecule has 2 saturated carbocycles. The minimum Gasteiger partial charge on any atom is -0.385 e. The molecule has 0 amide bonds. The zero-order valence-corrected chi connectivity index (χ0v) is 20.6. The van der Waals surface area contributed by atoms with Crippen molar-refractivity contribution in [1.82, 2.24) is 5.16 Å². The van der Waals surface area contributed by atoms with Gasteiger partial charge < -0.3 is 14.4 Å². The molecule has 5 rings (SSSR count). The zero-order valence-electron chi connectivity index (χ0n) is 19.1. The number of aliphatic hydroxyl groups is 1. The molecule has 8 heteroatoms. The predicted molar refractivity (Wildman–Crippen MR) is 131 cm³/mol. The van der Waals surface area contributed by atoms with E-state index in [2.05, 4.69) is 5.16 Å². The van der Waals surface area contributed by atoms with E-state index in [-0.39, 0.29) is 18.1 Å². The SMILES string of the molecule is N#CCc1ccc([C@]2(O)CC[C@@H](OCc3c(-c4c(Cl)cccc4Cl)noc3C3CC3)CC2)c(F)c1. The Morgan fingerprint density at radius 3 is 2.49 bits per heavy atom. The first-order chi connectivity index (χ1) is 16.9. The van der Waals surface area contributed by atoms with Crippen LogP contribution in [0.1, 0.15) is 66.9 Å². The minimum atomic E-state index is -1.25. The van der Waals surface area contributed by atoms with Crippen LogP contribution in [0, 0.1) is 17.1 Å². The minimum absolute atomic E-state index is 0.0901. The Balaban J connectivity index is 1.29. The van der Waals surface area contributed by atoms with Crippen LogP contribution in [0.2, 0.25) is 10.0 Å². The van der Waals surface area contributed by atoms with Gasteiger partial charge in [-0.25, -0.2) is 4.39 Å². The van der Waals surface area contributed by atoms with Gasteiger partial charge in [-0.3, -0.25) is 0 Å². The van der Waals surface area contributed by atoms with Crippen molar-refractivity contribution in [2.75, 3.05) is 0 Å². The van der Waals surface area contributed by atoms with Crippen LogP contribution in [0.3, 0.4) is 0 Å². The fourth-order valence-corrected chi connectivity index (χ4v) is 5.47. The van der Waals surface area contributed by atoms with Crippen molar-refractivity contribution in [2.45, 2.75) is 69.2 Å². The van der Waals surface area contributed by atoms with E-state index in [0.29, 0.717) is 65.1 Å². The normalized spacial score (nSPS) is 22.2. The van der Waals surface area contributed by atoms with Crippen LogP contribution >= 0.6 is 23.2 Å². The number of nitriles is 1. The van der Waals surface area contributed by atoms with E-state index >= 15 is 0 Å². The maximum Gasteiger partial charge on any atom is 0.145 e. The molecule has 0 saturated heterocycles. The van der Waals surface area contributed by atoms with E-state index in [0.717, 1.165) is 24.2 Å². The number of ether oxygens (including phenoxy) is 1. The summed E-state index contributed by atoms with van der Waals surface area (Å²) in [7, 11) is 0. The summed E-state index contributed by atoms with van der Waals surface area (Å²) in [5.41, 5.74) is 1.74. The lowest BCUT2D eigenvalue weighted by Crippen LogP contribution is -2.35. The predicted octanol–water partition coefficient (Wildman–Crippen LogP) is 7.08. The van der Waals surface area contributed by atoms with Crippen molar-refractivity contribution in [2.24, 2.45) is 0 Å². The summed E-state index contributed by atoms with van der Waals surface area (Å²) in [6, 6.07) is 12.0. The van der Waals surface area contributed by atoms with Crippen LogP contribution in [0.15, 0.2) is 40.9 Å². The lowest BCUT2D eigenvalue weighted by Gasteiger charge is -2.36. The van der Waals surface area contributed by atoms with E-state index < -0.39 is 11.4 Å². The Hall–Kier alpha value is -2.43. The van der Waals surface area contributed by atoms with Crippen molar-refractivity contribution in [3.05, 3.63) is 74.7 Å². The van der Waals surface area contributed by atoms with Gasteiger partial charge in [0.05, 0.1) is 40.8 Å². The number of hydrogen-bond acceptors (Lipinski definition) is 5. The Bertz CT molecular complexity index is 1250. The fourth-order valence-electron chi connectivity index (χ4n) is 4.89. The van der Waals surface area contributed by atoms with Crippen LogP contribution in [0.5, 0.6) is 0 Å². The molecule has 2 aliphatic rings. The van der Waals surface area contributed by atoms with Gasteiger partial charge in [0.1, 0.15) is 17.3 Å². The van der Waals surface area contributed by atoms with Crippen molar-refractivity contribution in [3.8, 4) is 17.3 Å². The Morgan fingerprint density at radius 1 is 1.14 bits per heavy atom. The zero-order chi connectivity index (χ0) is 24.6. The topological polar surface area (TPSA) is 79.3 Å². The highest BCUT2D eigenvalue weighted by Crippen LogP contribution is 2.46. The van der Waals surface area contributed by atoms with Crippen LogP contribution in [0.25, 0.3) is 11.3 Å². The van der Waals surface area contributed by atoms with E-state index in [9.17, 15) is 9.50 Å².